The number of hydrogen-bond acceptors (Lipinski definition) is 1. The van der Waals surface area contributed by atoms with E-state index in [1.165, 1.54) is 11.3 Å². The molecule has 0 aromatic heterocycles. The van der Waals surface area contributed by atoms with E-state index in [0.717, 1.165) is 17.4 Å². The molecule has 0 spiro atoms. The number of hydrogen-bond donors (Lipinski definition) is 0. The second-order valence-corrected chi connectivity index (χ2v) is 6.43. The average molecular weight is 284 g/mol. The average Bonchev–Trinajstić information content (AvgIpc) is 2.39. The molecule has 0 N–H and O–H groups in total. The van der Waals surface area contributed by atoms with E-state index in [4.69, 9.17) is 0 Å². The SMILES string of the molecule is CC(=O)N1CC(C)(C)C2CC(C)=CC(Br)=C21. The molecule has 0 aromatic rings. The molecular formula is C13H18BrNO. The van der Waals surface area contributed by atoms with Crippen molar-refractivity contribution >= 4 is 21.8 Å². The molecule has 0 saturated carbocycles. The Morgan fingerprint density at radius 1 is 1.56 bits per heavy atom. The topological polar surface area (TPSA) is 20.3 Å². The first-order valence-corrected chi connectivity index (χ1v) is 6.47. The molecule has 1 heterocycles. The second-order valence-electron chi connectivity index (χ2n) is 5.57. The summed E-state index contributed by atoms with van der Waals surface area (Å²) in [6.07, 6.45) is 3.21. The van der Waals surface area contributed by atoms with Gasteiger partial charge in [0.05, 0.1) is 0 Å². The number of likely N-dealkylation sites (tertiary alicyclic amines) is 1. The molecule has 1 aliphatic carbocycles. The second kappa shape index (κ2) is 3.73. The summed E-state index contributed by atoms with van der Waals surface area (Å²) in [6, 6.07) is 0. The minimum Gasteiger partial charge on any atom is -0.314 e. The number of fused-ring (bicyclic) bond motifs is 1. The van der Waals surface area contributed by atoms with Crippen LogP contribution in [0.5, 0.6) is 0 Å². The van der Waals surface area contributed by atoms with Crippen LogP contribution in [-0.4, -0.2) is 17.4 Å². The number of allylic oxidation sites excluding steroid dienone is 4. The lowest BCUT2D eigenvalue weighted by Gasteiger charge is -2.28. The van der Waals surface area contributed by atoms with Crippen molar-refractivity contribution in [1.29, 1.82) is 0 Å². The maximum atomic E-state index is 11.7. The Bertz CT molecular complexity index is 406. The van der Waals surface area contributed by atoms with Gasteiger partial charge in [0.2, 0.25) is 5.91 Å². The van der Waals surface area contributed by atoms with Crippen molar-refractivity contribution in [3.8, 4) is 0 Å². The van der Waals surface area contributed by atoms with Gasteiger partial charge in [-0.15, -0.1) is 0 Å². The van der Waals surface area contributed by atoms with Gasteiger partial charge in [-0.2, -0.15) is 0 Å². The monoisotopic (exact) mass is 283 g/mol. The van der Waals surface area contributed by atoms with Gasteiger partial charge in [-0.3, -0.25) is 4.79 Å². The predicted molar refractivity (Wildman–Crippen MR) is 69.0 cm³/mol. The molecule has 2 rings (SSSR count). The third kappa shape index (κ3) is 1.75. The first-order chi connectivity index (χ1) is 7.33. The summed E-state index contributed by atoms with van der Waals surface area (Å²) in [5.74, 6) is 0.617. The van der Waals surface area contributed by atoms with Gasteiger partial charge in [0.25, 0.3) is 0 Å². The Morgan fingerprint density at radius 2 is 2.19 bits per heavy atom. The Kier molecular flexibility index (Phi) is 2.77. The summed E-state index contributed by atoms with van der Waals surface area (Å²) < 4.78 is 1.09. The van der Waals surface area contributed by atoms with E-state index in [1.807, 2.05) is 4.90 Å². The predicted octanol–water partition coefficient (Wildman–Crippen LogP) is 3.45. The normalized spacial score (nSPS) is 27.9. The van der Waals surface area contributed by atoms with E-state index in [0.29, 0.717) is 5.92 Å². The molecule has 1 unspecified atom stereocenters. The molecule has 1 fully saturated rings. The zero-order chi connectivity index (χ0) is 12.1. The highest BCUT2D eigenvalue weighted by Gasteiger charge is 2.46. The molecule has 0 radical (unpaired) electrons. The summed E-state index contributed by atoms with van der Waals surface area (Å²) >= 11 is 3.61. The summed E-state index contributed by atoms with van der Waals surface area (Å²) in [7, 11) is 0. The summed E-state index contributed by atoms with van der Waals surface area (Å²) in [5, 5.41) is 0. The minimum absolute atomic E-state index is 0.149. The highest BCUT2D eigenvalue weighted by Crippen LogP contribution is 2.50. The first kappa shape index (κ1) is 11.9. The molecule has 1 atom stereocenters. The fraction of sp³-hybridized carbons (Fsp3) is 0.615. The fourth-order valence-electron chi connectivity index (χ4n) is 2.78. The standard InChI is InChI=1S/C13H18BrNO/c1-8-5-10-12(11(14)6-8)15(9(2)16)7-13(10,3)4/h6,10H,5,7H2,1-4H3. The van der Waals surface area contributed by atoms with E-state index in [2.05, 4.69) is 42.8 Å². The lowest BCUT2D eigenvalue weighted by atomic mass is 9.75. The molecule has 2 nitrogen and oxygen atoms in total. The van der Waals surface area contributed by atoms with Crippen molar-refractivity contribution in [2.75, 3.05) is 6.54 Å². The van der Waals surface area contributed by atoms with Crippen LogP contribution in [0.4, 0.5) is 0 Å². The van der Waals surface area contributed by atoms with Crippen molar-refractivity contribution in [3.63, 3.8) is 0 Å². The molecule has 3 heteroatoms. The van der Waals surface area contributed by atoms with Gasteiger partial charge in [-0.1, -0.05) is 19.4 Å². The van der Waals surface area contributed by atoms with Gasteiger partial charge in [0.1, 0.15) is 0 Å². The number of halogens is 1. The van der Waals surface area contributed by atoms with Crippen LogP contribution in [0.15, 0.2) is 21.8 Å². The summed E-state index contributed by atoms with van der Waals surface area (Å²) in [4.78, 5) is 13.6. The van der Waals surface area contributed by atoms with Gasteiger partial charge < -0.3 is 4.90 Å². The highest BCUT2D eigenvalue weighted by molar-refractivity contribution is 9.11. The van der Waals surface area contributed by atoms with E-state index >= 15 is 0 Å². The first-order valence-electron chi connectivity index (χ1n) is 5.68. The van der Waals surface area contributed by atoms with Crippen LogP contribution < -0.4 is 0 Å². The van der Waals surface area contributed by atoms with Crippen molar-refractivity contribution in [3.05, 3.63) is 21.8 Å². The molecule has 88 valence electrons. The van der Waals surface area contributed by atoms with Crippen molar-refractivity contribution in [2.24, 2.45) is 11.3 Å². The van der Waals surface area contributed by atoms with Crippen LogP contribution in [0, 0.1) is 11.3 Å². The lowest BCUT2D eigenvalue weighted by molar-refractivity contribution is -0.126. The van der Waals surface area contributed by atoms with Crippen LogP contribution in [0.1, 0.15) is 34.1 Å². The zero-order valence-corrected chi connectivity index (χ0v) is 11.9. The van der Waals surface area contributed by atoms with Crippen LogP contribution in [0.25, 0.3) is 0 Å². The molecule has 0 bridgehead atoms. The van der Waals surface area contributed by atoms with Crippen LogP contribution in [0.2, 0.25) is 0 Å². The summed E-state index contributed by atoms with van der Waals surface area (Å²) in [5.41, 5.74) is 2.75. The van der Waals surface area contributed by atoms with Gasteiger partial charge in [0, 0.05) is 29.6 Å². The van der Waals surface area contributed by atoms with E-state index < -0.39 is 0 Å². The lowest BCUT2D eigenvalue weighted by Crippen LogP contribution is -2.27. The zero-order valence-electron chi connectivity index (χ0n) is 10.3. The number of nitrogens with zero attached hydrogens (tertiary/aromatic N) is 1. The molecule has 0 aromatic carbocycles. The number of amides is 1. The maximum absolute atomic E-state index is 11.7. The van der Waals surface area contributed by atoms with Gasteiger partial charge in [-0.25, -0.2) is 0 Å². The Balaban J connectivity index is 2.50. The van der Waals surface area contributed by atoms with Crippen molar-refractivity contribution in [2.45, 2.75) is 34.1 Å². The Morgan fingerprint density at radius 3 is 2.75 bits per heavy atom. The minimum atomic E-state index is 0.149. The van der Waals surface area contributed by atoms with E-state index in [1.54, 1.807) is 6.92 Å². The Labute approximate surface area is 106 Å². The molecule has 16 heavy (non-hydrogen) atoms. The number of rotatable bonds is 0. The number of carbonyl (C=O) groups is 1. The van der Waals surface area contributed by atoms with Crippen LogP contribution in [-0.2, 0) is 4.79 Å². The van der Waals surface area contributed by atoms with Crippen LogP contribution in [0.3, 0.4) is 0 Å². The smallest absolute Gasteiger partial charge is 0.223 e. The molecular weight excluding hydrogens is 266 g/mol. The third-order valence-electron chi connectivity index (χ3n) is 3.65. The van der Waals surface area contributed by atoms with Crippen LogP contribution >= 0.6 is 15.9 Å². The van der Waals surface area contributed by atoms with Crippen molar-refractivity contribution in [1.82, 2.24) is 4.90 Å². The van der Waals surface area contributed by atoms with Gasteiger partial charge in [0.15, 0.2) is 0 Å². The molecule has 1 saturated heterocycles. The van der Waals surface area contributed by atoms with Gasteiger partial charge >= 0.3 is 0 Å². The highest BCUT2D eigenvalue weighted by atomic mass is 79.9. The molecule has 2 aliphatic rings. The Hall–Kier alpha value is -0.570. The summed E-state index contributed by atoms with van der Waals surface area (Å²) in [6.45, 7) is 9.14. The number of carbonyl (C=O) groups excluding carboxylic acids is 1. The van der Waals surface area contributed by atoms with Gasteiger partial charge in [-0.05, 0) is 40.8 Å². The quantitative estimate of drug-likeness (QED) is 0.667. The van der Waals surface area contributed by atoms with E-state index in [9.17, 15) is 4.79 Å². The molecule has 1 aliphatic heterocycles. The van der Waals surface area contributed by atoms with E-state index in [-0.39, 0.29) is 11.3 Å². The third-order valence-corrected chi connectivity index (χ3v) is 4.29. The van der Waals surface area contributed by atoms with Crippen molar-refractivity contribution < 1.29 is 4.79 Å². The fourth-order valence-corrected chi connectivity index (χ4v) is 3.66. The maximum Gasteiger partial charge on any atom is 0.223 e. The molecule has 1 amide bonds. The largest absolute Gasteiger partial charge is 0.314 e.